The Morgan fingerprint density at radius 1 is 1.25 bits per heavy atom. The fourth-order valence-corrected chi connectivity index (χ4v) is 3.42. The Balaban J connectivity index is 1.93. The van der Waals surface area contributed by atoms with Crippen molar-refractivity contribution >= 4 is 38.7 Å². The number of nitrogens with zero attached hydrogens (tertiary/aromatic N) is 4. The van der Waals surface area contributed by atoms with Gasteiger partial charge in [0.25, 0.3) is 0 Å². The summed E-state index contributed by atoms with van der Waals surface area (Å²) >= 11 is 2.80. The van der Waals surface area contributed by atoms with Crippen LogP contribution in [0.25, 0.3) is 10.9 Å². The van der Waals surface area contributed by atoms with Crippen molar-refractivity contribution in [3.05, 3.63) is 28.3 Å². The molecule has 0 spiro atoms. The lowest BCUT2D eigenvalue weighted by atomic mass is 10.1. The summed E-state index contributed by atoms with van der Waals surface area (Å²) in [5.41, 5.74) is -0.927. The number of carbonyl (C=O) groups is 1. The van der Waals surface area contributed by atoms with Crippen LogP contribution < -0.4 is 4.90 Å². The monoisotopic (exact) mass is 460 g/mol. The number of piperazine rings is 1. The fourth-order valence-electron chi connectivity index (χ4n) is 3.11. The van der Waals surface area contributed by atoms with Crippen LogP contribution in [0, 0.1) is 17.7 Å². The molecule has 2 aromatic rings. The van der Waals surface area contributed by atoms with Crippen LogP contribution in [0.2, 0.25) is 0 Å². The third-order valence-electron chi connectivity index (χ3n) is 4.33. The van der Waals surface area contributed by atoms with Crippen molar-refractivity contribution < 1.29 is 22.7 Å². The van der Waals surface area contributed by atoms with Gasteiger partial charge < -0.3 is 14.5 Å². The third-order valence-corrected chi connectivity index (χ3v) is 5.06. The number of halogens is 4. The summed E-state index contributed by atoms with van der Waals surface area (Å²) in [6.07, 6.45) is -1.56. The number of aromatic nitrogens is 2. The van der Waals surface area contributed by atoms with Crippen molar-refractivity contribution in [1.29, 1.82) is 0 Å². The zero-order valence-corrected chi connectivity index (χ0v) is 17.5. The van der Waals surface area contributed by atoms with Crippen LogP contribution in [0.4, 0.5) is 23.8 Å². The molecule has 0 N–H and O–H groups in total. The smallest absolute Gasteiger partial charge is 0.410 e. The Labute approximate surface area is 168 Å². The molecule has 1 aliphatic rings. The van der Waals surface area contributed by atoms with Gasteiger partial charge in [-0.3, -0.25) is 0 Å². The number of hydrogen-bond acceptors (Lipinski definition) is 5. The van der Waals surface area contributed by atoms with Crippen molar-refractivity contribution in [3.8, 4) is 0 Å². The normalized spacial score (nSPS) is 17.9. The van der Waals surface area contributed by atoms with Crippen molar-refractivity contribution in [2.75, 3.05) is 24.5 Å². The Morgan fingerprint density at radius 3 is 2.54 bits per heavy atom. The molecule has 0 bridgehead atoms. The van der Waals surface area contributed by atoms with E-state index >= 15 is 0 Å². The minimum Gasteiger partial charge on any atom is -0.444 e. The third kappa shape index (κ3) is 4.01. The van der Waals surface area contributed by atoms with E-state index in [0.717, 1.165) is 6.07 Å². The molecule has 2 heterocycles. The number of rotatable bonds is 1. The van der Waals surface area contributed by atoms with E-state index in [1.165, 1.54) is 0 Å². The lowest BCUT2D eigenvalue weighted by Crippen LogP contribution is -2.55. The number of amides is 1. The molecule has 152 valence electrons. The summed E-state index contributed by atoms with van der Waals surface area (Å²) in [7, 11) is 0. The summed E-state index contributed by atoms with van der Waals surface area (Å²) in [6.45, 7) is 8.04. The van der Waals surface area contributed by atoms with Gasteiger partial charge in [-0.05, 0) is 49.7 Å². The average molecular weight is 461 g/mol. The summed E-state index contributed by atoms with van der Waals surface area (Å²) in [4.78, 5) is 22.8. The first-order valence-electron chi connectivity index (χ1n) is 8.73. The van der Waals surface area contributed by atoms with E-state index in [4.69, 9.17) is 4.74 Å². The molecule has 28 heavy (non-hydrogen) atoms. The van der Waals surface area contributed by atoms with Crippen molar-refractivity contribution in [3.63, 3.8) is 0 Å². The van der Waals surface area contributed by atoms with Crippen LogP contribution in [0.3, 0.4) is 0 Å². The van der Waals surface area contributed by atoms with E-state index in [1.54, 1.807) is 30.6 Å². The summed E-state index contributed by atoms with van der Waals surface area (Å²) in [5, 5.41) is 0.0668. The molecule has 6 nitrogen and oxygen atoms in total. The van der Waals surface area contributed by atoms with Crippen LogP contribution in [0.15, 0.2) is 10.5 Å². The van der Waals surface area contributed by atoms with Gasteiger partial charge in [-0.15, -0.1) is 0 Å². The minimum atomic E-state index is -1.11. The molecule has 0 radical (unpaired) electrons. The number of carbonyl (C=O) groups excluding carboxylic acids is 1. The van der Waals surface area contributed by atoms with Gasteiger partial charge in [0.05, 0.1) is 4.47 Å². The highest BCUT2D eigenvalue weighted by molar-refractivity contribution is 9.10. The highest BCUT2D eigenvalue weighted by atomic mass is 79.9. The topological polar surface area (TPSA) is 58.6 Å². The van der Waals surface area contributed by atoms with Gasteiger partial charge in [0.1, 0.15) is 22.8 Å². The molecule has 1 saturated heterocycles. The van der Waals surface area contributed by atoms with Crippen molar-refractivity contribution in [2.24, 2.45) is 0 Å². The molecule has 10 heteroatoms. The summed E-state index contributed by atoms with van der Waals surface area (Å²) < 4.78 is 47.4. The van der Waals surface area contributed by atoms with Gasteiger partial charge in [-0.25, -0.2) is 13.6 Å². The highest BCUT2D eigenvalue weighted by Crippen LogP contribution is 2.33. The van der Waals surface area contributed by atoms with Crippen molar-refractivity contribution in [1.82, 2.24) is 14.9 Å². The quantitative estimate of drug-likeness (QED) is 0.470. The molecule has 1 atom stereocenters. The highest BCUT2D eigenvalue weighted by Gasteiger charge is 2.32. The predicted octanol–water partition coefficient (Wildman–Crippen LogP) is 4.26. The number of ether oxygens (including phenoxy) is 1. The van der Waals surface area contributed by atoms with Crippen LogP contribution in [-0.4, -0.2) is 52.2 Å². The molecule has 0 saturated carbocycles. The molecule has 3 rings (SSSR count). The van der Waals surface area contributed by atoms with Gasteiger partial charge >= 0.3 is 12.2 Å². The lowest BCUT2D eigenvalue weighted by Gasteiger charge is -2.41. The molecule has 1 unspecified atom stereocenters. The zero-order chi connectivity index (χ0) is 20.8. The van der Waals surface area contributed by atoms with E-state index in [2.05, 4.69) is 25.9 Å². The van der Waals surface area contributed by atoms with Crippen LogP contribution in [0.1, 0.15) is 27.7 Å². The lowest BCUT2D eigenvalue weighted by molar-refractivity contribution is 0.0218. The van der Waals surface area contributed by atoms with Gasteiger partial charge in [-0.1, -0.05) is 0 Å². The maximum absolute atomic E-state index is 14.4. The number of benzene rings is 1. The second-order valence-electron chi connectivity index (χ2n) is 7.67. The standard InChI is InChI=1S/C18H20BrF3N4O2/c1-9-8-25(17(27)28-18(2,3)4)5-6-26(9)15-10-7-11(20)12(19)13(21)14(10)23-16(22)24-15/h7,9H,5-6,8H2,1-4H3. The molecule has 0 aliphatic carbocycles. The Bertz CT molecular complexity index is 935. The van der Waals surface area contributed by atoms with E-state index in [9.17, 15) is 18.0 Å². The molecular weight excluding hydrogens is 441 g/mol. The Kier molecular flexibility index (Phi) is 5.44. The van der Waals surface area contributed by atoms with Gasteiger partial charge in [-0.2, -0.15) is 14.4 Å². The molecule has 1 aromatic heterocycles. The van der Waals surface area contributed by atoms with Crippen LogP contribution >= 0.6 is 15.9 Å². The van der Waals surface area contributed by atoms with E-state index in [-0.39, 0.29) is 22.8 Å². The van der Waals surface area contributed by atoms with Crippen LogP contribution in [0.5, 0.6) is 0 Å². The second kappa shape index (κ2) is 7.38. The Hall–Kier alpha value is -2.10. The predicted molar refractivity (Wildman–Crippen MR) is 102 cm³/mol. The number of fused-ring (bicyclic) bond motifs is 1. The first kappa shape index (κ1) is 20.6. The van der Waals surface area contributed by atoms with Gasteiger partial charge in [0.2, 0.25) is 0 Å². The minimum absolute atomic E-state index is 0.0668. The SMILES string of the molecule is CC1CN(C(=O)OC(C)(C)C)CCN1c1nc(F)nc2c(F)c(Br)c(F)cc12. The summed E-state index contributed by atoms with van der Waals surface area (Å²) in [6, 6.07) is 0.790. The van der Waals surface area contributed by atoms with Gasteiger partial charge in [0.15, 0.2) is 5.82 Å². The number of anilines is 1. The van der Waals surface area contributed by atoms with Crippen LogP contribution in [-0.2, 0) is 4.74 Å². The largest absolute Gasteiger partial charge is 0.444 e. The van der Waals surface area contributed by atoms with E-state index < -0.39 is 33.9 Å². The van der Waals surface area contributed by atoms with Crippen molar-refractivity contribution in [2.45, 2.75) is 39.3 Å². The molecule has 1 aliphatic heterocycles. The molecule has 1 fully saturated rings. The maximum atomic E-state index is 14.4. The van der Waals surface area contributed by atoms with E-state index in [0.29, 0.717) is 19.6 Å². The zero-order valence-electron chi connectivity index (χ0n) is 15.9. The Morgan fingerprint density at radius 2 is 1.93 bits per heavy atom. The summed E-state index contributed by atoms with van der Waals surface area (Å²) in [5.74, 6) is -1.73. The maximum Gasteiger partial charge on any atom is 0.410 e. The molecule has 1 amide bonds. The molecule has 1 aromatic carbocycles. The second-order valence-corrected chi connectivity index (χ2v) is 8.46. The first-order chi connectivity index (χ1) is 13.0. The fraction of sp³-hybridized carbons (Fsp3) is 0.500. The number of hydrogen-bond donors (Lipinski definition) is 0. The van der Waals surface area contributed by atoms with Gasteiger partial charge in [0, 0.05) is 31.1 Å². The van der Waals surface area contributed by atoms with E-state index in [1.807, 2.05) is 6.92 Å². The molecular formula is C18H20BrF3N4O2. The average Bonchev–Trinajstić information content (AvgIpc) is 2.58. The first-order valence-corrected chi connectivity index (χ1v) is 9.52.